The summed E-state index contributed by atoms with van der Waals surface area (Å²) in [5, 5.41) is 4.73. The van der Waals surface area contributed by atoms with Crippen LogP contribution in [0.25, 0.3) is 10.8 Å². The molecule has 0 bridgehead atoms. The largest absolute Gasteiger partial charge is 0.319 e. The van der Waals surface area contributed by atoms with Crippen molar-refractivity contribution < 1.29 is 4.39 Å². The van der Waals surface area contributed by atoms with Gasteiger partial charge in [-0.1, -0.05) is 30.3 Å². The molecule has 1 fully saturated rings. The van der Waals surface area contributed by atoms with Gasteiger partial charge in [0, 0.05) is 18.5 Å². The second kappa shape index (κ2) is 4.26. The molecular weight excluding hydrogens is 239 g/mol. The molecule has 1 aliphatic heterocycles. The van der Waals surface area contributed by atoms with Crippen molar-refractivity contribution in [2.24, 2.45) is 5.73 Å². The van der Waals surface area contributed by atoms with E-state index in [1.807, 2.05) is 18.2 Å². The lowest BCUT2D eigenvalue weighted by atomic mass is 9.82. The van der Waals surface area contributed by atoms with Crippen molar-refractivity contribution in [2.45, 2.75) is 5.54 Å². The zero-order chi connectivity index (χ0) is 11.2. The minimum absolute atomic E-state index is 0. The number of hydrogen-bond acceptors (Lipinski definition) is 2. The van der Waals surface area contributed by atoms with E-state index in [-0.39, 0.29) is 23.8 Å². The second-order valence-corrected chi connectivity index (χ2v) is 4.40. The predicted molar refractivity (Wildman–Crippen MR) is 69.9 cm³/mol. The maximum absolute atomic E-state index is 13.6. The number of nitrogens with two attached hydrogens (primary N) is 1. The van der Waals surface area contributed by atoms with Gasteiger partial charge >= 0.3 is 0 Å². The Morgan fingerprint density at radius 1 is 1.06 bits per heavy atom. The van der Waals surface area contributed by atoms with Crippen molar-refractivity contribution in [3.63, 3.8) is 0 Å². The molecule has 0 saturated carbocycles. The molecule has 0 aliphatic carbocycles. The number of benzene rings is 2. The summed E-state index contributed by atoms with van der Waals surface area (Å²) >= 11 is 0. The van der Waals surface area contributed by atoms with E-state index in [1.54, 1.807) is 12.1 Å². The van der Waals surface area contributed by atoms with Gasteiger partial charge in [-0.15, -0.1) is 12.4 Å². The third-order valence-electron chi connectivity index (χ3n) is 3.29. The minimum Gasteiger partial charge on any atom is -0.319 e. The van der Waals surface area contributed by atoms with Gasteiger partial charge in [0.1, 0.15) is 5.82 Å². The first kappa shape index (κ1) is 12.3. The molecule has 4 heteroatoms. The molecule has 3 rings (SSSR count). The van der Waals surface area contributed by atoms with Crippen molar-refractivity contribution in [1.82, 2.24) is 5.32 Å². The van der Waals surface area contributed by atoms with Crippen LogP contribution in [0, 0.1) is 5.82 Å². The second-order valence-electron chi connectivity index (χ2n) is 4.40. The summed E-state index contributed by atoms with van der Waals surface area (Å²) in [6.07, 6.45) is 0. The summed E-state index contributed by atoms with van der Waals surface area (Å²) in [5.41, 5.74) is 6.95. The van der Waals surface area contributed by atoms with E-state index in [0.29, 0.717) is 5.39 Å². The van der Waals surface area contributed by atoms with E-state index >= 15 is 0 Å². The molecule has 0 amide bonds. The highest BCUT2D eigenvalue weighted by molar-refractivity contribution is 5.87. The SMILES string of the molecule is Cl.NC1(c2ccc(F)c3ccccc23)CNC1. The molecule has 2 aromatic carbocycles. The number of fused-ring (bicyclic) bond motifs is 1. The molecule has 1 heterocycles. The van der Waals surface area contributed by atoms with Crippen LogP contribution in [0.4, 0.5) is 4.39 Å². The van der Waals surface area contributed by atoms with E-state index < -0.39 is 0 Å². The van der Waals surface area contributed by atoms with Gasteiger partial charge in [0.25, 0.3) is 0 Å². The normalized spacial score (nSPS) is 17.3. The van der Waals surface area contributed by atoms with Crippen LogP contribution in [-0.2, 0) is 5.54 Å². The molecule has 0 atom stereocenters. The summed E-state index contributed by atoms with van der Waals surface area (Å²) in [7, 11) is 0. The van der Waals surface area contributed by atoms with Crippen molar-refractivity contribution >= 4 is 23.2 Å². The molecule has 17 heavy (non-hydrogen) atoms. The monoisotopic (exact) mass is 252 g/mol. The van der Waals surface area contributed by atoms with Crippen molar-refractivity contribution in [3.8, 4) is 0 Å². The molecule has 0 unspecified atom stereocenters. The van der Waals surface area contributed by atoms with E-state index in [1.165, 1.54) is 6.07 Å². The quantitative estimate of drug-likeness (QED) is 0.816. The summed E-state index contributed by atoms with van der Waals surface area (Å²) < 4.78 is 13.6. The third kappa shape index (κ3) is 1.80. The van der Waals surface area contributed by atoms with Crippen LogP contribution in [0.1, 0.15) is 5.56 Å². The van der Waals surface area contributed by atoms with Gasteiger partial charge in [0.05, 0.1) is 5.54 Å². The number of rotatable bonds is 1. The first-order valence-electron chi connectivity index (χ1n) is 5.38. The molecule has 0 aromatic heterocycles. The smallest absolute Gasteiger partial charge is 0.131 e. The van der Waals surface area contributed by atoms with Crippen molar-refractivity contribution in [3.05, 3.63) is 47.8 Å². The summed E-state index contributed by atoms with van der Waals surface area (Å²) in [6, 6.07) is 10.8. The number of nitrogens with one attached hydrogen (secondary N) is 1. The van der Waals surface area contributed by atoms with Crippen LogP contribution in [0.15, 0.2) is 36.4 Å². The van der Waals surface area contributed by atoms with Crippen LogP contribution < -0.4 is 11.1 Å². The lowest BCUT2D eigenvalue weighted by molar-refractivity contribution is 0.289. The van der Waals surface area contributed by atoms with Crippen LogP contribution in [-0.4, -0.2) is 13.1 Å². The highest BCUT2D eigenvalue weighted by Crippen LogP contribution is 2.30. The molecule has 90 valence electrons. The highest BCUT2D eigenvalue weighted by atomic mass is 35.5. The van der Waals surface area contributed by atoms with Crippen LogP contribution >= 0.6 is 12.4 Å². The van der Waals surface area contributed by atoms with E-state index in [2.05, 4.69) is 5.32 Å². The third-order valence-corrected chi connectivity index (χ3v) is 3.29. The topological polar surface area (TPSA) is 38.0 Å². The zero-order valence-corrected chi connectivity index (χ0v) is 10.1. The number of hydrogen-bond donors (Lipinski definition) is 2. The Bertz CT molecular complexity index is 552. The average Bonchev–Trinajstić information content (AvgIpc) is 2.27. The Hall–Kier alpha value is -1.16. The average molecular weight is 253 g/mol. The molecule has 0 spiro atoms. The van der Waals surface area contributed by atoms with Gasteiger partial charge in [0.15, 0.2) is 0 Å². The summed E-state index contributed by atoms with van der Waals surface area (Å²) in [4.78, 5) is 0. The Morgan fingerprint density at radius 2 is 1.71 bits per heavy atom. The fourth-order valence-electron chi connectivity index (χ4n) is 2.28. The molecular formula is C13H14ClFN2. The lowest BCUT2D eigenvalue weighted by Gasteiger charge is -2.40. The Balaban J connectivity index is 0.00000108. The maximum Gasteiger partial charge on any atom is 0.131 e. The summed E-state index contributed by atoms with van der Waals surface area (Å²) in [6.45, 7) is 1.51. The fraction of sp³-hybridized carbons (Fsp3) is 0.231. The first-order chi connectivity index (χ1) is 7.71. The molecule has 1 saturated heterocycles. The molecule has 0 radical (unpaired) electrons. The van der Waals surface area contributed by atoms with Crippen LogP contribution in [0.2, 0.25) is 0 Å². The van der Waals surface area contributed by atoms with Gasteiger partial charge in [-0.2, -0.15) is 0 Å². The zero-order valence-electron chi connectivity index (χ0n) is 9.24. The van der Waals surface area contributed by atoms with Gasteiger partial charge < -0.3 is 11.1 Å². The van der Waals surface area contributed by atoms with E-state index in [4.69, 9.17) is 5.73 Å². The van der Waals surface area contributed by atoms with E-state index in [0.717, 1.165) is 24.0 Å². The van der Waals surface area contributed by atoms with Gasteiger partial charge in [-0.3, -0.25) is 0 Å². The van der Waals surface area contributed by atoms with Crippen LogP contribution in [0.5, 0.6) is 0 Å². The Kier molecular flexibility index (Phi) is 3.08. The molecule has 2 aromatic rings. The fourth-order valence-corrected chi connectivity index (χ4v) is 2.28. The highest BCUT2D eigenvalue weighted by Gasteiger charge is 2.35. The molecule has 2 nitrogen and oxygen atoms in total. The molecule has 1 aliphatic rings. The Labute approximate surface area is 105 Å². The maximum atomic E-state index is 13.6. The number of halogens is 2. The minimum atomic E-state index is -0.340. The van der Waals surface area contributed by atoms with Gasteiger partial charge in [-0.25, -0.2) is 4.39 Å². The molecule has 3 N–H and O–H groups in total. The first-order valence-corrected chi connectivity index (χ1v) is 5.38. The van der Waals surface area contributed by atoms with Gasteiger partial charge in [-0.05, 0) is 17.0 Å². The van der Waals surface area contributed by atoms with E-state index in [9.17, 15) is 4.39 Å². The standard InChI is InChI=1S/C13H13FN2.ClH/c14-12-6-5-11(13(15)7-16-8-13)9-3-1-2-4-10(9)12;/h1-6,16H,7-8,15H2;1H. The lowest BCUT2D eigenvalue weighted by Crippen LogP contribution is -2.62. The van der Waals surface area contributed by atoms with Crippen LogP contribution in [0.3, 0.4) is 0 Å². The predicted octanol–water partition coefficient (Wildman–Crippen LogP) is 2.16. The van der Waals surface area contributed by atoms with Crippen molar-refractivity contribution in [2.75, 3.05) is 13.1 Å². The van der Waals surface area contributed by atoms with Crippen molar-refractivity contribution in [1.29, 1.82) is 0 Å². The summed E-state index contributed by atoms with van der Waals surface area (Å²) in [5.74, 6) is -0.185. The Morgan fingerprint density at radius 3 is 2.29 bits per heavy atom. The van der Waals surface area contributed by atoms with Gasteiger partial charge in [0.2, 0.25) is 0 Å².